The smallest absolute Gasteiger partial charge is 0.125 e. The van der Waals surface area contributed by atoms with Crippen LogP contribution < -0.4 is 4.90 Å². The van der Waals surface area contributed by atoms with Gasteiger partial charge in [-0.2, -0.15) is 0 Å². The first kappa shape index (κ1) is 13.6. The van der Waals surface area contributed by atoms with Gasteiger partial charge >= 0.3 is 0 Å². The summed E-state index contributed by atoms with van der Waals surface area (Å²) in [5.41, 5.74) is 1.73. The van der Waals surface area contributed by atoms with Crippen LogP contribution in [0.1, 0.15) is 25.8 Å². The number of nitrogens with zero attached hydrogens (tertiary/aromatic N) is 1. The molecule has 18 heavy (non-hydrogen) atoms. The van der Waals surface area contributed by atoms with E-state index < -0.39 is 0 Å². The van der Waals surface area contributed by atoms with Crippen molar-refractivity contribution < 1.29 is 9.13 Å². The van der Waals surface area contributed by atoms with Gasteiger partial charge in [0.25, 0.3) is 0 Å². The van der Waals surface area contributed by atoms with Crippen LogP contribution in [0.25, 0.3) is 0 Å². The summed E-state index contributed by atoms with van der Waals surface area (Å²) >= 11 is 5.80. The normalized spacial score (nSPS) is 24.3. The van der Waals surface area contributed by atoms with Crippen LogP contribution in [0, 0.1) is 5.82 Å². The van der Waals surface area contributed by atoms with Crippen molar-refractivity contribution in [1.29, 1.82) is 0 Å². The van der Waals surface area contributed by atoms with Gasteiger partial charge in [0.15, 0.2) is 0 Å². The second-order valence-corrected chi connectivity index (χ2v) is 5.08. The fraction of sp³-hybridized carbons (Fsp3) is 0.571. The molecule has 1 fully saturated rings. The second kappa shape index (κ2) is 5.89. The lowest BCUT2D eigenvalue weighted by Gasteiger charge is -2.40. The number of ether oxygens (including phenoxy) is 1. The van der Waals surface area contributed by atoms with Crippen molar-refractivity contribution in [2.24, 2.45) is 0 Å². The van der Waals surface area contributed by atoms with Crippen molar-refractivity contribution in [2.45, 2.75) is 38.3 Å². The molecule has 0 N–H and O–H groups in total. The summed E-state index contributed by atoms with van der Waals surface area (Å²) in [6, 6.07) is 5.35. The van der Waals surface area contributed by atoms with Crippen LogP contribution in [0.3, 0.4) is 0 Å². The summed E-state index contributed by atoms with van der Waals surface area (Å²) in [7, 11) is 0. The predicted octanol–water partition coefficient (Wildman–Crippen LogP) is 3.57. The Morgan fingerprint density at radius 2 is 2.22 bits per heavy atom. The molecule has 1 aliphatic heterocycles. The number of alkyl halides is 1. The van der Waals surface area contributed by atoms with Gasteiger partial charge in [0, 0.05) is 18.1 Å². The Labute approximate surface area is 113 Å². The average Bonchev–Trinajstić information content (AvgIpc) is 2.38. The first-order valence-corrected chi connectivity index (χ1v) is 6.91. The molecule has 1 aliphatic rings. The zero-order valence-corrected chi connectivity index (χ0v) is 11.6. The fourth-order valence-electron chi connectivity index (χ4n) is 2.37. The molecule has 0 aromatic heterocycles. The van der Waals surface area contributed by atoms with E-state index in [1.807, 2.05) is 13.0 Å². The lowest BCUT2D eigenvalue weighted by atomic mass is 10.1. The number of benzene rings is 1. The molecule has 1 aromatic carbocycles. The van der Waals surface area contributed by atoms with Crippen LogP contribution in [-0.2, 0) is 10.6 Å². The Bertz CT molecular complexity index is 413. The third kappa shape index (κ3) is 2.96. The molecular formula is C14H19ClFNO. The summed E-state index contributed by atoms with van der Waals surface area (Å²) in [4.78, 5) is 2.23. The van der Waals surface area contributed by atoms with Gasteiger partial charge in [-0.1, -0.05) is 6.92 Å². The van der Waals surface area contributed by atoms with Crippen molar-refractivity contribution in [2.75, 3.05) is 18.1 Å². The van der Waals surface area contributed by atoms with E-state index in [9.17, 15) is 4.39 Å². The van der Waals surface area contributed by atoms with E-state index in [1.54, 1.807) is 6.07 Å². The quantitative estimate of drug-likeness (QED) is 0.780. The topological polar surface area (TPSA) is 12.5 Å². The summed E-state index contributed by atoms with van der Waals surface area (Å²) in [5.74, 6) is 0.110. The van der Waals surface area contributed by atoms with Gasteiger partial charge in [-0.15, -0.1) is 11.6 Å². The molecule has 2 atom stereocenters. The van der Waals surface area contributed by atoms with Gasteiger partial charge in [-0.25, -0.2) is 4.39 Å². The maximum atomic E-state index is 13.6. The van der Waals surface area contributed by atoms with Gasteiger partial charge in [-0.3, -0.25) is 0 Å². The number of rotatable bonds is 3. The van der Waals surface area contributed by atoms with Gasteiger partial charge in [0.1, 0.15) is 5.82 Å². The van der Waals surface area contributed by atoms with Crippen LogP contribution in [-0.4, -0.2) is 25.3 Å². The maximum absolute atomic E-state index is 13.6. The van der Waals surface area contributed by atoms with Crippen LogP contribution in [0.2, 0.25) is 0 Å². The molecule has 2 rings (SSSR count). The van der Waals surface area contributed by atoms with Crippen molar-refractivity contribution in [3.8, 4) is 0 Å². The van der Waals surface area contributed by atoms with Gasteiger partial charge in [0.05, 0.1) is 18.8 Å². The Morgan fingerprint density at radius 3 is 2.89 bits per heavy atom. The molecule has 0 bridgehead atoms. The number of halogens is 2. The summed E-state index contributed by atoms with van der Waals surface area (Å²) in [6.45, 7) is 5.66. The van der Waals surface area contributed by atoms with Crippen LogP contribution >= 0.6 is 11.6 Å². The van der Waals surface area contributed by atoms with Crippen LogP contribution in [0.4, 0.5) is 10.1 Å². The third-order valence-corrected chi connectivity index (χ3v) is 3.68. The van der Waals surface area contributed by atoms with E-state index in [4.69, 9.17) is 16.3 Å². The highest BCUT2D eigenvalue weighted by Crippen LogP contribution is 2.26. The highest BCUT2D eigenvalue weighted by atomic mass is 35.5. The monoisotopic (exact) mass is 271 g/mol. The van der Waals surface area contributed by atoms with Crippen LogP contribution in [0.15, 0.2) is 18.2 Å². The van der Waals surface area contributed by atoms with E-state index in [0.717, 1.165) is 24.2 Å². The lowest BCUT2D eigenvalue weighted by molar-refractivity contribution is 0.0299. The second-order valence-electron chi connectivity index (χ2n) is 4.81. The minimum absolute atomic E-state index is 0.176. The molecule has 100 valence electrons. The minimum Gasteiger partial charge on any atom is -0.375 e. The molecule has 1 saturated heterocycles. The molecule has 1 aromatic rings. The predicted molar refractivity (Wildman–Crippen MR) is 72.8 cm³/mol. The van der Waals surface area contributed by atoms with Gasteiger partial charge in [0.2, 0.25) is 0 Å². The molecule has 0 aliphatic carbocycles. The molecule has 0 amide bonds. The molecule has 2 nitrogen and oxygen atoms in total. The van der Waals surface area contributed by atoms with E-state index >= 15 is 0 Å². The zero-order valence-electron chi connectivity index (χ0n) is 10.8. The first-order chi connectivity index (χ1) is 8.63. The Kier molecular flexibility index (Phi) is 4.46. The minimum atomic E-state index is -0.225. The summed E-state index contributed by atoms with van der Waals surface area (Å²) < 4.78 is 19.2. The maximum Gasteiger partial charge on any atom is 0.125 e. The molecule has 0 radical (unpaired) electrons. The Morgan fingerprint density at radius 1 is 1.44 bits per heavy atom. The van der Waals surface area contributed by atoms with E-state index in [1.165, 1.54) is 6.07 Å². The highest BCUT2D eigenvalue weighted by molar-refractivity contribution is 6.17. The SMILES string of the molecule is CCC1COC(C)CN1c1cc(F)cc(CCl)c1. The van der Waals surface area contributed by atoms with Gasteiger partial charge in [-0.05, 0) is 37.1 Å². The van der Waals surface area contributed by atoms with E-state index in [-0.39, 0.29) is 11.9 Å². The summed E-state index contributed by atoms with van der Waals surface area (Å²) in [5, 5.41) is 0. The largest absolute Gasteiger partial charge is 0.375 e. The van der Waals surface area contributed by atoms with E-state index in [0.29, 0.717) is 18.5 Å². The standard InChI is InChI=1S/C14H19ClFNO/c1-3-13-9-18-10(2)8-17(13)14-5-11(7-15)4-12(16)6-14/h4-6,10,13H,3,7-9H2,1-2H3. The van der Waals surface area contributed by atoms with E-state index in [2.05, 4.69) is 11.8 Å². The van der Waals surface area contributed by atoms with Crippen LogP contribution in [0.5, 0.6) is 0 Å². The van der Waals surface area contributed by atoms with Crippen molar-refractivity contribution in [3.05, 3.63) is 29.6 Å². The molecule has 1 heterocycles. The Balaban J connectivity index is 2.29. The molecule has 2 unspecified atom stereocenters. The average molecular weight is 272 g/mol. The number of hydrogen-bond acceptors (Lipinski definition) is 2. The lowest BCUT2D eigenvalue weighted by Crippen LogP contribution is -2.48. The molecule has 4 heteroatoms. The third-order valence-electron chi connectivity index (χ3n) is 3.37. The van der Waals surface area contributed by atoms with Crippen molar-refractivity contribution in [1.82, 2.24) is 0 Å². The zero-order chi connectivity index (χ0) is 13.1. The fourth-order valence-corrected chi connectivity index (χ4v) is 2.53. The highest BCUT2D eigenvalue weighted by Gasteiger charge is 2.26. The number of anilines is 1. The van der Waals surface area contributed by atoms with Crippen molar-refractivity contribution >= 4 is 17.3 Å². The molecule has 0 spiro atoms. The summed E-state index contributed by atoms with van der Waals surface area (Å²) in [6.07, 6.45) is 1.16. The molecule has 0 saturated carbocycles. The Hall–Kier alpha value is -0.800. The van der Waals surface area contributed by atoms with Crippen molar-refractivity contribution in [3.63, 3.8) is 0 Å². The number of hydrogen-bond donors (Lipinski definition) is 0. The molecular weight excluding hydrogens is 253 g/mol. The number of morpholine rings is 1. The first-order valence-electron chi connectivity index (χ1n) is 6.37. The van der Waals surface area contributed by atoms with Gasteiger partial charge < -0.3 is 9.64 Å².